The molecule has 3 unspecified atom stereocenters. The molecule has 170 valence electrons. The third-order valence-electron chi connectivity index (χ3n) is 5.69. The highest BCUT2D eigenvalue weighted by atomic mass is 32.2. The standard InChI is InChI=1S/C24H27F2N3O2S/c1-2-15-3-4-17-13-32-14-22(20(17)9-15)28-12-23(30)21(29-24-27-5-6-31-24)10-16-7-18(25)11-19(26)8-16/h3-9,11,21-23,28,30H,2,10,12-14H2,1H3,(H,27,29). The molecule has 2 heterocycles. The molecule has 8 heteroatoms. The lowest BCUT2D eigenvalue weighted by Crippen LogP contribution is -2.44. The fourth-order valence-corrected chi connectivity index (χ4v) is 5.12. The minimum absolute atomic E-state index is 0.124. The Hall–Kier alpha value is -2.42. The molecule has 3 aromatic rings. The molecule has 0 radical (unpaired) electrons. The number of aliphatic hydroxyl groups is 1. The largest absolute Gasteiger partial charge is 0.432 e. The Balaban J connectivity index is 1.47. The van der Waals surface area contributed by atoms with Crippen LogP contribution in [0.4, 0.5) is 14.8 Å². The van der Waals surface area contributed by atoms with Gasteiger partial charge in [0.05, 0.1) is 18.3 Å². The van der Waals surface area contributed by atoms with Crippen molar-refractivity contribution in [1.82, 2.24) is 10.3 Å². The van der Waals surface area contributed by atoms with Crippen LogP contribution in [0.25, 0.3) is 0 Å². The summed E-state index contributed by atoms with van der Waals surface area (Å²) < 4.78 is 32.6. The van der Waals surface area contributed by atoms with Crippen molar-refractivity contribution in [3.63, 3.8) is 0 Å². The van der Waals surface area contributed by atoms with E-state index in [0.29, 0.717) is 12.1 Å². The summed E-state index contributed by atoms with van der Waals surface area (Å²) in [7, 11) is 0. The lowest BCUT2D eigenvalue weighted by molar-refractivity contribution is 0.144. The average Bonchev–Trinajstić information content (AvgIpc) is 3.29. The summed E-state index contributed by atoms with van der Waals surface area (Å²) in [5.41, 5.74) is 4.33. The predicted molar refractivity (Wildman–Crippen MR) is 123 cm³/mol. The van der Waals surface area contributed by atoms with Gasteiger partial charge in [-0.2, -0.15) is 11.8 Å². The molecule has 0 spiro atoms. The van der Waals surface area contributed by atoms with E-state index in [1.807, 2.05) is 11.8 Å². The lowest BCUT2D eigenvalue weighted by atomic mass is 9.97. The van der Waals surface area contributed by atoms with Gasteiger partial charge in [0.2, 0.25) is 0 Å². The zero-order valence-corrected chi connectivity index (χ0v) is 18.7. The number of oxazole rings is 1. The Morgan fingerprint density at radius 2 is 2.00 bits per heavy atom. The third-order valence-corrected chi connectivity index (χ3v) is 6.78. The monoisotopic (exact) mass is 459 g/mol. The number of thioether (sulfide) groups is 1. The molecule has 0 saturated carbocycles. The minimum Gasteiger partial charge on any atom is -0.432 e. The Bertz CT molecular complexity index is 1010. The predicted octanol–water partition coefficient (Wildman–Crippen LogP) is 4.48. The van der Waals surface area contributed by atoms with E-state index >= 15 is 0 Å². The normalized spacial score (nSPS) is 17.6. The summed E-state index contributed by atoms with van der Waals surface area (Å²) in [6, 6.07) is 9.80. The second-order valence-electron chi connectivity index (χ2n) is 8.00. The molecule has 2 aromatic carbocycles. The Labute approximate surface area is 190 Å². The van der Waals surface area contributed by atoms with Crippen molar-refractivity contribution in [3.05, 3.63) is 82.7 Å². The van der Waals surface area contributed by atoms with Gasteiger partial charge in [-0.1, -0.05) is 25.1 Å². The van der Waals surface area contributed by atoms with E-state index in [0.717, 1.165) is 24.0 Å². The first-order valence-corrected chi connectivity index (χ1v) is 11.9. The van der Waals surface area contributed by atoms with Crippen molar-refractivity contribution in [3.8, 4) is 0 Å². The van der Waals surface area contributed by atoms with Crippen LogP contribution in [0.5, 0.6) is 0 Å². The number of halogens is 2. The van der Waals surface area contributed by atoms with Crippen molar-refractivity contribution in [2.45, 2.75) is 43.7 Å². The zero-order chi connectivity index (χ0) is 22.5. The summed E-state index contributed by atoms with van der Waals surface area (Å²) in [6.07, 6.45) is 3.25. The Morgan fingerprint density at radius 1 is 1.19 bits per heavy atom. The molecule has 32 heavy (non-hydrogen) atoms. The molecule has 3 N–H and O–H groups in total. The molecule has 4 rings (SSSR count). The number of nitrogens with zero attached hydrogens (tertiary/aromatic N) is 1. The number of hydrogen-bond acceptors (Lipinski definition) is 6. The highest BCUT2D eigenvalue weighted by Crippen LogP contribution is 2.32. The molecule has 1 aliphatic rings. The van der Waals surface area contributed by atoms with Gasteiger partial charge in [-0.3, -0.25) is 0 Å². The molecule has 0 amide bonds. The summed E-state index contributed by atoms with van der Waals surface area (Å²) in [5, 5.41) is 17.5. The summed E-state index contributed by atoms with van der Waals surface area (Å²) >= 11 is 1.86. The number of hydrogen-bond donors (Lipinski definition) is 3. The van der Waals surface area contributed by atoms with E-state index in [2.05, 4.69) is 40.7 Å². The van der Waals surface area contributed by atoms with Crippen LogP contribution in [0.1, 0.15) is 35.2 Å². The van der Waals surface area contributed by atoms with Crippen LogP contribution < -0.4 is 10.6 Å². The second-order valence-corrected chi connectivity index (χ2v) is 9.03. The molecule has 1 aliphatic heterocycles. The molecular formula is C24H27F2N3O2S. The first-order chi connectivity index (χ1) is 15.5. The van der Waals surface area contributed by atoms with Gasteiger partial charge in [0.1, 0.15) is 17.9 Å². The van der Waals surface area contributed by atoms with Gasteiger partial charge in [0.15, 0.2) is 0 Å². The number of anilines is 1. The topological polar surface area (TPSA) is 70.3 Å². The molecule has 0 saturated heterocycles. The van der Waals surface area contributed by atoms with Crippen molar-refractivity contribution < 1.29 is 18.3 Å². The van der Waals surface area contributed by atoms with Crippen LogP contribution in [-0.2, 0) is 18.6 Å². The van der Waals surface area contributed by atoms with Crippen LogP contribution in [-0.4, -0.2) is 34.5 Å². The first-order valence-electron chi connectivity index (χ1n) is 10.7. The number of rotatable bonds is 9. The van der Waals surface area contributed by atoms with Crippen LogP contribution in [0.2, 0.25) is 0 Å². The van der Waals surface area contributed by atoms with Crippen molar-refractivity contribution >= 4 is 17.8 Å². The van der Waals surface area contributed by atoms with E-state index in [1.165, 1.54) is 41.3 Å². The zero-order valence-electron chi connectivity index (χ0n) is 17.9. The van der Waals surface area contributed by atoms with E-state index in [4.69, 9.17) is 4.42 Å². The third kappa shape index (κ3) is 5.68. The molecule has 1 aromatic heterocycles. The van der Waals surface area contributed by atoms with Gasteiger partial charge in [-0.05, 0) is 47.2 Å². The van der Waals surface area contributed by atoms with Crippen LogP contribution >= 0.6 is 11.8 Å². The van der Waals surface area contributed by atoms with Gasteiger partial charge in [0, 0.05) is 30.2 Å². The fourth-order valence-electron chi connectivity index (χ4n) is 3.99. The van der Waals surface area contributed by atoms with Gasteiger partial charge >= 0.3 is 0 Å². The maximum atomic E-state index is 13.7. The van der Waals surface area contributed by atoms with Gasteiger partial charge < -0.3 is 20.2 Å². The summed E-state index contributed by atoms with van der Waals surface area (Å²) in [6.45, 7) is 2.44. The van der Waals surface area contributed by atoms with Crippen LogP contribution in [0.3, 0.4) is 0 Å². The highest BCUT2D eigenvalue weighted by Gasteiger charge is 2.25. The number of aliphatic hydroxyl groups excluding tert-OH is 1. The SMILES string of the molecule is CCc1ccc2c(c1)C(NCC(O)C(Cc1cc(F)cc(F)c1)Nc1ncco1)CSC2. The van der Waals surface area contributed by atoms with Gasteiger partial charge in [-0.25, -0.2) is 13.8 Å². The molecule has 0 aliphatic carbocycles. The number of fused-ring (bicyclic) bond motifs is 1. The van der Waals surface area contributed by atoms with Crippen molar-refractivity contribution in [2.24, 2.45) is 0 Å². The Morgan fingerprint density at radius 3 is 2.72 bits per heavy atom. The number of aryl methyl sites for hydroxylation is 1. The Kier molecular flexibility index (Phi) is 7.44. The average molecular weight is 460 g/mol. The number of nitrogens with one attached hydrogen (secondary N) is 2. The van der Waals surface area contributed by atoms with E-state index in [9.17, 15) is 13.9 Å². The molecular weight excluding hydrogens is 432 g/mol. The number of benzene rings is 2. The van der Waals surface area contributed by atoms with Crippen LogP contribution in [0, 0.1) is 11.6 Å². The van der Waals surface area contributed by atoms with Crippen LogP contribution in [0.15, 0.2) is 53.3 Å². The maximum absolute atomic E-state index is 13.7. The van der Waals surface area contributed by atoms with E-state index in [1.54, 1.807) is 0 Å². The molecule has 3 atom stereocenters. The quantitative estimate of drug-likeness (QED) is 0.438. The summed E-state index contributed by atoms with van der Waals surface area (Å²) in [5.74, 6) is 0.606. The molecule has 5 nitrogen and oxygen atoms in total. The maximum Gasteiger partial charge on any atom is 0.294 e. The van der Waals surface area contributed by atoms with Gasteiger partial charge in [0.25, 0.3) is 6.01 Å². The van der Waals surface area contributed by atoms with E-state index in [-0.39, 0.29) is 18.5 Å². The van der Waals surface area contributed by atoms with Gasteiger partial charge in [-0.15, -0.1) is 0 Å². The molecule has 0 fully saturated rings. The van der Waals surface area contributed by atoms with Crippen molar-refractivity contribution in [2.75, 3.05) is 17.6 Å². The minimum atomic E-state index is -0.849. The first kappa shape index (κ1) is 22.8. The smallest absolute Gasteiger partial charge is 0.294 e. The summed E-state index contributed by atoms with van der Waals surface area (Å²) in [4.78, 5) is 4.05. The molecule has 0 bridgehead atoms. The van der Waals surface area contributed by atoms with E-state index < -0.39 is 23.8 Å². The number of aromatic nitrogens is 1. The fraction of sp³-hybridized carbons (Fsp3) is 0.375. The van der Waals surface area contributed by atoms with Crippen molar-refractivity contribution in [1.29, 1.82) is 0 Å². The lowest BCUT2D eigenvalue weighted by Gasteiger charge is -2.30. The highest BCUT2D eigenvalue weighted by molar-refractivity contribution is 7.98. The second kappa shape index (κ2) is 10.5.